The molecule has 0 aliphatic heterocycles. The second kappa shape index (κ2) is 5.25. The zero-order valence-corrected chi connectivity index (χ0v) is 13.3. The van der Waals surface area contributed by atoms with Gasteiger partial charge < -0.3 is 0 Å². The molecule has 0 saturated heterocycles. The van der Waals surface area contributed by atoms with Crippen LogP contribution in [-0.4, -0.2) is 18.4 Å². The van der Waals surface area contributed by atoms with Gasteiger partial charge in [-0.2, -0.15) is 0 Å². The fraction of sp³-hybridized carbons (Fsp3) is 0.0769. The molecular formula is C13H10ClN3O2S2. The van der Waals surface area contributed by atoms with Crippen LogP contribution >= 0.6 is 22.9 Å². The normalized spacial score (nSPS) is 11.7. The average molecular weight is 340 g/mol. The van der Waals surface area contributed by atoms with Crippen LogP contribution in [0.3, 0.4) is 0 Å². The van der Waals surface area contributed by atoms with Gasteiger partial charge in [0.15, 0.2) is 8.68 Å². The number of fused-ring (bicyclic) bond motifs is 1. The van der Waals surface area contributed by atoms with Crippen LogP contribution in [0.5, 0.6) is 0 Å². The van der Waals surface area contributed by atoms with E-state index in [0.29, 0.717) is 11.4 Å². The standard InChI is InChI=1S/C13H10ClN3O2S2/c1-8-12(20-13(14)16-8)21(18,19)17-11-4-2-3-9-7-15-6-5-10(9)11/h2-7,17H,1H3. The van der Waals surface area contributed by atoms with Gasteiger partial charge >= 0.3 is 0 Å². The molecule has 2 aromatic heterocycles. The molecule has 0 fully saturated rings. The van der Waals surface area contributed by atoms with E-state index in [0.717, 1.165) is 22.1 Å². The summed E-state index contributed by atoms with van der Waals surface area (Å²) in [6.45, 7) is 1.62. The van der Waals surface area contributed by atoms with Crippen LogP contribution in [-0.2, 0) is 10.0 Å². The number of hydrogen-bond donors (Lipinski definition) is 1. The van der Waals surface area contributed by atoms with Crippen LogP contribution in [0.4, 0.5) is 5.69 Å². The Hall–Kier alpha value is -1.70. The lowest BCUT2D eigenvalue weighted by atomic mass is 10.1. The first-order chi connectivity index (χ1) is 9.97. The van der Waals surface area contributed by atoms with Crippen LogP contribution in [0.1, 0.15) is 5.69 Å². The van der Waals surface area contributed by atoms with E-state index < -0.39 is 10.0 Å². The van der Waals surface area contributed by atoms with Gasteiger partial charge in [0.05, 0.1) is 11.4 Å². The molecule has 0 atom stereocenters. The van der Waals surface area contributed by atoms with Gasteiger partial charge in [-0.25, -0.2) is 13.4 Å². The molecule has 0 radical (unpaired) electrons. The van der Waals surface area contributed by atoms with E-state index in [1.54, 1.807) is 37.5 Å². The highest BCUT2D eigenvalue weighted by molar-refractivity contribution is 7.94. The maximum Gasteiger partial charge on any atom is 0.273 e. The van der Waals surface area contributed by atoms with Crippen molar-refractivity contribution in [2.24, 2.45) is 0 Å². The van der Waals surface area contributed by atoms with E-state index in [-0.39, 0.29) is 8.68 Å². The molecule has 1 N–H and O–H groups in total. The third kappa shape index (κ3) is 2.72. The second-order valence-electron chi connectivity index (χ2n) is 4.35. The van der Waals surface area contributed by atoms with Gasteiger partial charge in [-0.3, -0.25) is 9.71 Å². The van der Waals surface area contributed by atoms with Crippen molar-refractivity contribution in [3.8, 4) is 0 Å². The first-order valence-electron chi connectivity index (χ1n) is 5.96. The molecule has 108 valence electrons. The Kier molecular flexibility index (Phi) is 3.56. The summed E-state index contributed by atoms with van der Waals surface area (Å²) in [5.41, 5.74) is 0.887. The molecule has 0 bridgehead atoms. The van der Waals surface area contributed by atoms with Crippen molar-refractivity contribution in [3.05, 3.63) is 46.8 Å². The van der Waals surface area contributed by atoms with Crippen LogP contribution in [0.15, 0.2) is 40.9 Å². The molecular weight excluding hydrogens is 330 g/mol. The Morgan fingerprint density at radius 1 is 1.29 bits per heavy atom. The van der Waals surface area contributed by atoms with Crippen molar-refractivity contribution in [2.45, 2.75) is 11.1 Å². The van der Waals surface area contributed by atoms with Crippen molar-refractivity contribution < 1.29 is 8.42 Å². The van der Waals surface area contributed by atoms with Crippen LogP contribution in [0, 0.1) is 6.92 Å². The molecule has 0 saturated carbocycles. The summed E-state index contributed by atoms with van der Waals surface area (Å²) in [6, 6.07) is 7.11. The third-order valence-corrected chi connectivity index (χ3v) is 6.13. The van der Waals surface area contributed by atoms with Crippen LogP contribution in [0.2, 0.25) is 4.47 Å². The fourth-order valence-electron chi connectivity index (χ4n) is 2.00. The maximum absolute atomic E-state index is 12.5. The Bertz CT molecular complexity index is 917. The van der Waals surface area contributed by atoms with Crippen molar-refractivity contribution in [1.29, 1.82) is 0 Å². The summed E-state index contributed by atoms with van der Waals surface area (Å²) >= 11 is 6.71. The molecule has 0 aliphatic rings. The van der Waals surface area contributed by atoms with E-state index in [9.17, 15) is 8.42 Å². The van der Waals surface area contributed by atoms with Gasteiger partial charge in [-0.1, -0.05) is 35.1 Å². The van der Waals surface area contributed by atoms with Gasteiger partial charge in [0.2, 0.25) is 0 Å². The minimum absolute atomic E-state index is 0.124. The van der Waals surface area contributed by atoms with Gasteiger partial charge in [0.25, 0.3) is 10.0 Å². The highest BCUT2D eigenvalue weighted by Gasteiger charge is 2.22. The molecule has 2 heterocycles. The highest BCUT2D eigenvalue weighted by Crippen LogP contribution is 2.30. The number of aromatic nitrogens is 2. The molecule has 5 nitrogen and oxygen atoms in total. The minimum atomic E-state index is -3.71. The lowest BCUT2D eigenvalue weighted by Gasteiger charge is -2.09. The Morgan fingerprint density at radius 2 is 2.10 bits per heavy atom. The summed E-state index contributed by atoms with van der Waals surface area (Å²) in [7, 11) is -3.71. The lowest BCUT2D eigenvalue weighted by Crippen LogP contribution is -2.13. The van der Waals surface area contributed by atoms with Crippen molar-refractivity contribution in [2.75, 3.05) is 4.72 Å². The number of nitrogens with zero attached hydrogens (tertiary/aromatic N) is 2. The number of sulfonamides is 1. The van der Waals surface area contributed by atoms with Gasteiger partial charge in [0.1, 0.15) is 0 Å². The topological polar surface area (TPSA) is 72.0 Å². The Labute approximate surface area is 130 Å². The van der Waals surface area contributed by atoms with E-state index in [1.165, 1.54) is 0 Å². The highest BCUT2D eigenvalue weighted by atomic mass is 35.5. The number of pyridine rings is 1. The monoisotopic (exact) mass is 339 g/mol. The molecule has 0 aliphatic carbocycles. The van der Waals surface area contributed by atoms with Crippen molar-refractivity contribution >= 4 is 49.4 Å². The summed E-state index contributed by atoms with van der Waals surface area (Å²) in [5.74, 6) is 0. The fourth-order valence-corrected chi connectivity index (χ4v) is 4.82. The molecule has 0 amide bonds. The average Bonchev–Trinajstić information content (AvgIpc) is 2.79. The number of hydrogen-bond acceptors (Lipinski definition) is 5. The third-order valence-electron chi connectivity index (χ3n) is 2.90. The van der Waals surface area contributed by atoms with E-state index in [4.69, 9.17) is 11.6 Å². The number of thiazole rings is 1. The quantitative estimate of drug-likeness (QED) is 0.793. The molecule has 21 heavy (non-hydrogen) atoms. The molecule has 3 aromatic rings. The first kappa shape index (κ1) is 14.2. The summed E-state index contributed by atoms with van der Waals surface area (Å²) < 4.78 is 27.8. The molecule has 1 aromatic carbocycles. The van der Waals surface area contributed by atoms with Crippen LogP contribution in [0.25, 0.3) is 10.8 Å². The number of rotatable bonds is 3. The molecule has 0 spiro atoms. The number of anilines is 1. The molecule has 3 rings (SSSR count). The number of benzene rings is 1. The Morgan fingerprint density at radius 3 is 2.81 bits per heavy atom. The minimum Gasteiger partial charge on any atom is -0.278 e. The smallest absolute Gasteiger partial charge is 0.273 e. The largest absolute Gasteiger partial charge is 0.278 e. The predicted molar refractivity (Wildman–Crippen MR) is 84.4 cm³/mol. The van der Waals surface area contributed by atoms with E-state index in [1.807, 2.05) is 6.07 Å². The van der Waals surface area contributed by atoms with Gasteiger partial charge in [-0.15, -0.1) is 0 Å². The zero-order valence-electron chi connectivity index (χ0n) is 10.9. The van der Waals surface area contributed by atoms with E-state index >= 15 is 0 Å². The number of nitrogens with one attached hydrogen (secondary N) is 1. The summed E-state index contributed by atoms with van der Waals surface area (Å²) in [4.78, 5) is 7.96. The maximum atomic E-state index is 12.5. The van der Waals surface area contributed by atoms with Crippen molar-refractivity contribution in [1.82, 2.24) is 9.97 Å². The van der Waals surface area contributed by atoms with Crippen LogP contribution < -0.4 is 4.72 Å². The predicted octanol–water partition coefficient (Wildman–Crippen LogP) is 3.45. The van der Waals surface area contributed by atoms with Gasteiger partial charge in [-0.05, 0) is 19.1 Å². The SMILES string of the molecule is Cc1nc(Cl)sc1S(=O)(=O)Nc1cccc2cnccc12. The number of halogens is 1. The first-order valence-corrected chi connectivity index (χ1v) is 8.63. The lowest BCUT2D eigenvalue weighted by molar-refractivity contribution is 0.602. The molecule has 0 unspecified atom stereocenters. The van der Waals surface area contributed by atoms with Gasteiger partial charge in [0, 0.05) is 23.2 Å². The second-order valence-corrected chi connectivity index (χ2v) is 7.81. The summed E-state index contributed by atoms with van der Waals surface area (Å²) in [6.07, 6.45) is 3.30. The summed E-state index contributed by atoms with van der Waals surface area (Å²) in [5, 5.41) is 1.64. The Balaban J connectivity index is 2.08. The van der Waals surface area contributed by atoms with Crippen molar-refractivity contribution in [3.63, 3.8) is 0 Å². The zero-order chi connectivity index (χ0) is 15.0. The van der Waals surface area contributed by atoms with E-state index in [2.05, 4.69) is 14.7 Å². The number of aryl methyl sites for hydroxylation is 1. The molecule has 8 heteroatoms.